The molecule has 1 aromatic carbocycles. The number of ether oxygens (including phenoxy) is 1. The van der Waals surface area contributed by atoms with Gasteiger partial charge in [-0.3, -0.25) is 4.98 Å². The molecule has 0 radical (unpaired) electrons. The molecule has 3 nitrogen and oxygen atoms in total. The van der Waals surface area contributed by atoms with Gasteiger partial charge in [-0.25, -0.2) is 0 Å². The molecule has 0 saturated heterocycles. The van der Waals surface area contributed by atoms with E-state index < -0.39 is 6.10 Å². The van der Waals surface area contributed by atoms with Gasteiger partial charge in [0, 0.05) is 4.47 Å². The van der Waals surface area contributed by atoms with Gasteiger partial charge in [0.2, 0.25) is 0 Å². The van der Waals surface area contributed by atoms with Crippen LogP contribution in [0.3, 0.4) is 0 Å². The molecule has 100 valence electrons. The second-order valence-corrected chi connectivity index (χ2v) is 5.27. The standard InChI is InChI=1S/C15H16BrNO2/c1-3-14(18)13-6-5-12(9-17-13)19-15-7-4-11(16)8-10(15)2/h4-9,14,18H,3H2,1-2H3/t14-/m0/s1. The first-order valence-electron chi connectivity index (χ1n) is 6.18. The minimum absolute atomic E-state index is 0.511. The molecule has 0 aliphatic carbocycles. The van der Waals surface area contributed by atoms with Crippen LogP contribution in [0.4, 0.5) is 0 Å². The Labute approximate surface area is 121 Å². The molecular weight excluding hydrogens is 306 g/mol. The SMILES string of the molecule is CC[C@H](O)c1ccc(Oc2ccc(Br)cc2C)cn1. The van der Waals surface area contributed by atoms with Crippen LogP contribution in [-0.4, -0.2) is 10.1 Å². The smallest absolute Gasteiger partial charge is 0.145 e. The zero-order valence-corrected chi connectivity index (χ0v) is 12.5. The number of nitrogens with zero attached hydrogens (tertiary/aromatic N) is 1. The van der Waals surface area contributed by atoms with Crippen LogP contribution in [0, 0.1) is 6.92 Å². The van der Waals surface area contributed by atoms with Crippen LogP contribution >= 0.6 is 15.9 Å². The van der Waals surface area contributed by atoms with E-state index in [9.17, 15) is 5.11 Å². The lowest BCUT2D eigenvalue weighted by Gasteiger charge is -2.10. The largest absolute Gasteiger partial charge is 0.455 e. The van der Waals surface area contributed by atoms with E-state index in [4.69, 9.17) is 4.74 Å². The molecule has 1 atom stereocenters. The second-order valence-electron chi connectivity index (χ2n) is 4.35. The van der Waals surface area contributed by atoms with Crippen molar-refractivity contribution in [1.82, 2.24) is 4.98 Å². The Hall–Kier alpha value is -1.39. The van der Waals surface area contributed by atoms with Crippen LogP contribution in [0.1, 0.15) is 30.7 Å². The molecule has 4 heteroatoms. The van der Waals surface area contributed by atoms with Crippen molar-refractivity contribution < 1.29 is 9.84 Å². The lowest BCUT2D eigenvalue weighted by atomic mass is 10.2. The number of hydrogen-bond acceptors (Lipinski definition) is 3. The van der Waals surface area contributed by atoms with Gasteiger partial charge >= 0.3 is 0 Å². The average molecular weight is 322 g/mol. The highest BCUT2D eigenvalue weighted by atomic mass is 79.9. The summed E-state index contributed by atoms with van der Waals surface area (Å²) in [6.07, 6.45) is 1.78. The number of aryl methyl sites for hydroxylation is 1. The quantitative estimate of drug-likeness (QED) is 0.908. The summed E-state index contributed by atoms with van der Waals surface area (Å²) in [4.78, 5) is 4.21. The maximum absolute atomic E-state index is 9.68. The fourth-order valence-corrected chi connectivity index (χ4v) is 2.19. The Morgan fingerprint density at radius 1 is 1.32 bits per heavy atom. The average Bonchev–Trinajstić information content (AvgIpc) is 2.42. The van der Waals surface area contributed by atoms with E-state index in [1.54, 1.807) is 12.3 Å². The molecule has 19 heavy (non-hydrogen) atoms. The predicted molar refractivity (Wildman–Crippen MR) is 78.4 cm³/mol. The summed E-state index contributed by atoms with van der Waals surface area (Å²) in [6, 6.07) is 9.46. The highest BCUT2D eigenvalue weighted by molar-refractivity contribution is 9.10. The van der Waals surface area contributed by atoms with E-state index in [0.29, 0.717) is 17.9 Å². The number of aliphatic hydroxyl groups excluding tert-OH is 1. The van der Waals surface area contributed by atoms with Crippen LogP contribution in [-0.2, 0) is 0 Å². The second kappa shape index (κ2) is 6.17. The normalized spacial score (nSPS) is 12.2. The van der Waals surface area contributed by atoms with Gasteiger partial charge in [0.1, 0.15) is 11.5 Å². The molecule has 0 spiro atoms. The Kier molecular flexibility index (Phi) is 4.56. The molecular formula is C15H16BrNO2. The summed E-state index contributed by atoms with van der Waals surface area (Å²) >= 11 is 3.42. The molecule has 0 aliphatic heterocycles. The maximum atomic E-state index is 9.68. The van der Waals surface area contributed by atoms with E-state index in [-0.39, 0.29) is 0 Å². The monoisotopic (exact) mass is 321 g/mol. The van der Waals surface area contributed by atoms with Crippen molar-refractivity contribution in [2.24, 2.45) is 0 Å². The molecule has 0 bridgehead atoms. The highest BCUT2D eigenvalue weighted by Gasteiger charge is 2.07. The van der Waals surface area contributed by atoms with E-state index >= 15 is 0 Å². The van der Waals surface area contributed by atoms with Crippen LogP contribution in [0.15, 0.2) is 41.0 Å². The number of hydrogen-bond donors (Lipinski definition) is 1. The van der Waals surface area contributed by atoms with Gasteiger partial charge in [0.15, 0.2) is 0 Å². The third-order valence-electron chi connectivity index (χ3n) is 2.85. The molecule has 0 saturated carbocycles. The minimum Gasteiger partial charge on any atom is -0.455 e. The number of aromatic nitrogens is 1. The van der Waals surface area contributed by atoms with Crippen LogP contribution < -0.4 is 4.74 Å². The first-order valence-corrected chi connectivity index (χ1v) is 6.97. The molecule has 0 unspecified atom stereocenters. The lowest BCUT2D eigenvalue weighted by Crippen LogP contribution is -1.98. The minimum atomic E-state index is -0.511. The number of benzene rings is 1. The van der Waals surface area contributed by atoms with E-state index in [1.807, 2.05) is 38.1 Å². The molecule has 1 aromatic heterocycles. The molecule has 0 aliphatic rings. The van der Waals surface area contributed by atoms with E-state index in [0.717, 1.165) is 15.8 Å². The molecule has 1 heterocycles. The molecule has 2 rings (SSSR count). The topological polar surface area (TPSA) is 42.4 Å². The van der Waals surface area contributed by atoms with E-state index in [1.165, 1.54) is 0 Å². The summed E-state index contributed by atoms with van der Waals surface area (Å²) in [6.45, 7) is 3.91. The van der Waals surface area contributed by atoms with Gasteiger partial charge in [-0.15, -0.1) is 0 Å². The number of rotatable bonds is 4. The predicted octanol–water partition coefficient (Wildman–Crippen LogP) is 4.39. The molecule has 0 amide bonds. The van der Waals surface area contributed by atoms with Crippen molar-refractivity contribution >= 4 is 15.9 Å². The maximum Gasteiger partial charge on any atom is 0.145 e. The third-order valence-corrected chi connectivity index (χ3v) is 3.35. The van der Waals surface area contributed by atoms with Crippen molar-refractivity contribution in [3.8, 4) is 11.5 Å². The Morgan fingerprint density at radius 3 is 2.68 bits per heavy atom. The summed E-state index contributed by atoms with van der Waals surface area (Å²) in [5.41, 5.74) is 1.72. The first-order chi connectivity index (χ1) is 9.10. The van der Waals surface area contributed by atoms with Crippen molar-refractivity contribution in [2.75, 3.05) is 0 Å². The molecule has 1 N–H and O–H groups in total. The van der Waals surface area contributed by atoms with Crippen molar-refractivity contribution in [3.63, 3.8) is 0 Å². The van der Waals surface area contributed by atoms with Crippen LogP contribution in [0.25, 0.3) is 0 Å². The van der Waals surface area contributed by atoms with E-state index in [2.05, 4.69) is 20.9 Å². The summed E-state index contributed by atoms with van der Waals surface area (Å²) in [5, 5.41) is 9.68. The van der Waals surface area contributed by atoms with Crippen LogP contribution in [0.5, 0.6) is 11.5 Å². The van der Waals surface area contributed by atoms with Gasteiger partial charge < -0.3 is 9.84 Å². The molecule has 0 fully saturated rings. The van der Waals surface area contributed by atoms with Gasteiger partial charge in [0.25, 0.3) is 0 Å². The van der Waals surface area contributed by atoms with Crippen molar-refractivity contribution in [2.45, 2.75) is 26.4 Å². The summed E-state index contributed by atoms with van der Waals surface area (Å²) < 4.78 is 6.79. The van der Waals surface area contributed by atoms with Crippen LogP contribution in [0.2, 0.25) is 0 Å². The molecule has 2 aromatic rings. The zero-order valence-electron chi connectivity index (χ0n) is 10.9. The Balaban J connectivity index is 2.15. The zero-order chi connectivity index (χ0) is 13.8. The lowest BCUT2D eigenvalue weighted by molar-refractivity contribution is 0.169. The number of pyridine rings is 1. The Morgan fingerprint density at radius 2 is 2.11 bits per heavy atom. The van der Waals surface area contributed by atoms with Gasteiger partial charge in [-0.05, 0) is 49.2 Å². The van der Waals surface area contributed by atoms with Crippen molar-refractivity contribution in [1.29, 1.82) is 0 Å². The summed E-state index contributed by atoms with van der Waals surface area (Å²) in [5.74, 6) is 1.46. The van der Waals surface area contributed by atoms with Gasteiger partial charge in [-0.2, -0.15) is 0 Å². The third kappa shape index (κ3) is 3.55. The van der Waals surface area contributed by atoms with Gasteiger partial charge in [0.05, 0.1) is 18.0 Å². The Bertz CT molecular complexity index is 555. The van der Waals surface area contributed by atoms with Crippen molar-refractivity contribution in [3.05, 3.63) is 52.3 Å². The summed E-state index contributed by atoms with van der Waals surface area (Å²) in [7, 11) is 0. The fourth-order valence-electron chi connectivity index (χ4n) is 1.71. The number of halogens is 1. The van der Waals surface area contributed by atoms with Gasteiger partial charge in [-0.1, -0.05) is 22.9 Å². The first kappa shape index (κ1) is 14.0. The fraction of sp³-hybridized carbons (Fsp3) is 0.267. The highest BCUT2D eigenvalue weighted by Crippen LogP contribution is 2.27. The number of aliphatic hydroxyl groups is 1.